The first-order chi connectivity index (χ1) is 17.7. The lowest BCUT2D eigenvalue weighted by molar-refractivity contribution is 0.0304. The first kappa shape index (κ1) is 24.5. The molecule has 1 saturated carbocycles. The van der Waals surface area contributed by atoms with Crippen LogP contribution in [0.25, 0.3) is 11.0 Å². The third-order valence-corrected chi connectivity index (χ3v) is 7.41. The maximum absolute atomic E-state index is 13.1. The van der Waals surface area contributed by atoms with Gasteiger partial charge < -0.3 is 19.5 Å². The van der Waals surface area contributed by atoms with Gasteiger partial charge in [-0.05, 0) is 61.9 Å². The van der Waals surface area contributed by atoms with Crippen LogP contribution < -0.4 is 5.32 Å². The molecule has 36 heavy (non-hydrogen) atoms. The van der Waals surface area contributed by atoms with Crippen molar-refractivity contribution in [3.63, 3.8) is 0 Å². The SMILES string of the molecule is O=C(NC1CCCCC1)c1cccc(CCCCn2cc(C(=O)N3CCOCC3)c3ncccc32)c1. The second-order valence-corrected chi connectivity index (χ2v) is 9.98. The summed E-state index contributed by atoms with van der Waals surface area (Å²) in [6.45, 7) is 3.23. The van der Waals surface area contributed by atoms with Crippen molar-refractivity contribution >= 4 is 22.8 Å². The second-order valence-electron chi connectivity index (χ2n) is 9.98. The summed E-state index contributed by atoms with van der Waals surface area (Å²) in [5.74, 6) is 0.0802. The van der Waals surface area contributed by atoms with Crippen molar-refractivity contribution in [3.8, 4) is 0 Å². The van der Waals surface area contributed by atoms with Gasteiger partial charge in [-0.2, -0.15) is 0 Å². The Balaban J connectivity index is 1.18. The van der Waals surface area contributed by atoms with E-state index in [1.54, 1.807) is 6.20 Å². The van der Waals surface area contributed by atoms with Gasteiger partial charge in [0.25, 0.3) is 11.8 Å². The molecule has 1 aliphatic carbocycles. The molecule has 3 heterocycles. The topological polar surface area (TPSA) is 76.5 Å². The second kappa shape index (κ2) is 11.7. The molecule has 1 aromatic carbocycles. The van der Waals surface area contributed by atoms with Crippen molar-refractivity contribution in [1.82, 2.24) is 19.8 Å². The Morgan fingerprint density at radius 1 is 1.03 bits per heavy atom. The van der Waals surface area contributed by atoms with Crippen LogP contribution in [-0.2, 0) is 17.7 Å². The number of hydrogen-bond acceptors (Lipinski definition) is 4. The highest BCUT2D eigenvalue weighted by Gasteiger charge is 2.23. The number of fused-ring (bicyclic) bond motifs is 1. The predicted octanol–water partition coefficient (Wildman–Crippen LogP) is 4.59. The molecule has 5 rings (SSSR count). The van der Waals surface area contributed by atoms with E-state index in [9.17, 15) is 9.59 Å². The number of amides is 2. The third kappa shape index (κ3) is 5.78. The number of pyridine rings is 1. The van der Waals surface area contributed by atoms with Crippen molar-refractivity contribution in [2.45, 2.75) is 64.0 Å². The van der Waals surface area contributed by atoms with Crippen molar-refractivity contribution in [2.24, 2.45) is 0 Å². The monoisotopic (exact) mass is 488 g/mol. The highest BCUT2D eigenvalue weighted by atomic mass is 16.5. The zero-order chi connectivity index (χ0) is 24.7. The summed E-state index contributed by atoms with van der Waals surface area (Å²) in [5.41, 5.74) is 4.38. The van der Waals surface area contributed by atoms with Crippen molar-refractivity contribution in [1.29, 1.82) is 0 Å². The minimum absolute atomic E-state index is 0.0315. The minimum atomic E-state index is 0.0315. The standard InChI is InChI=1S/C29H36N4O3/c34-28(31-24-11-2-1-3-12-24)23-10-6-9-22(20-23)8-4-5-15-33-21-25(27-26(33)13-7-14-30-27)29(35)32-16-18-36-19-17-32/h6-7,9-10,13-14,20-21,24H,1-5,8,11-12,15-19H2,(H,31,34). The Hall–Kier alpha value is -3.19. The molecule has 1 N–H and O–H groups in total. The zero-order valence-electron chi connectivity index (χ0n) is 21.0. The van der Waals surface area contributed by atoms with E-state index in [0.717, 1.165) is 55.2 Å². The highest BCUT2D eigenvalue weighted by Crippen LogP contribution is 2.22. The van der Waals surface area contributed by atoms with Crippen molar-refractivity contribution < 1.29 is 14.3 Å². The number of ether oxygens (including phenoxy) is 1. The van der Waals surface area contributed by atoms with Crippen LogP contribution in [-0.4, -0.2) is 58.6 Å². The van der Waals surface area contributed by atoms with Crippen LogP contribution in [0.2, 0.25) is 0 Å². The molecular weight excluding hydrogens is 452 g/mol. The molecule has 0 unspecified atom stereocenters. The number of unbranched alkanes of at least 4 members (excludes halogenated alkanes) is 1. The lowest BCUT2D eigenvalue weighted by atomic mass is 9.95. The molecule has 0 atom stereocenters. The fourth-order valence-electron chi connectivity index (χ4n) is 5.40. The maximum Gasteiger partial charge on any atom is 0.257 e. The van der Waals surface area contributed by atoms with Crippen LogP contribution >= 0.6 is 0 Å². The van der Waals surface area contributed by atoms with Gasteiger partial charge in [0.2, 0.25) is 0 Å². The number of carbonyl (C=O) groups excluding carboxylic acids is 2. The van der Waals surface area contributed by atoms with E-state index in [-0.39, 0.29) is 11.8 Å². The number of rotatable bonds is 8. The molecule has 0 radical (unpaired) electrons. The Kier molecular flexibility index (Phi) is 7.96. The van der Waals surface area contributed by atoms with E-state index in [4.69, 9.17) is 4.74 Å². The Morgan fingerprint density at radius 2 is 1.86 bits per heavy atom. The van der Waals surface area contributed by atoms with E-state index in [1.807, 2.05) is 41.4 Å². The van der Waals surface area contributed by atoms with E-state index >= 15 is 0 Å². The van der Waals surface area contributed by atoms with E-state index in [1.165, 1.54) is 24.8 Å². The molecule has 2 aromatic heterocycles. The van der Waals surface area contributed by atoms with Gasteiger partial charge in [0.1, 0.15) is 5.52 Å². The van der Waals surface area contributed by atoms with Crippen molar-refractivity contribution in [3.05, 3.63) is 65.5 Å². The molecule has 1 aliphatic heterocycles. The smallest absolute Gasteiger partial charge is 0.257 e. The van der Waals surface area contributed by atoms with Gasteiger partial charge in [-0.3, -0.25) is 14.6 Å². The number of nitrogens with one attached hydrogen (secondary N) is 1. The summed E-state index contributed by atoms with van der Waals surface area (Å²) in [6, 6.07) is 12.3. The average molecular weight is 489 g/mol. The highest BCUT2D eigenvalue weighted by molar-refractivity contribution is 6.05. The number of benzene rings is 1. The molecule has 190 valence electrons. The molecule has 0 bridgehead atoms. The maximum atomic E-state index is 13.1. The van der Waals surface area contributed by atoms with Crippen LogP contribution in [0, 0.1) is 0 Å². The van der Waals surface area contributed by atoms with Gasteiger partial charge in [-0.15, -0.1) is 0 Å². The first-order valence-electron chi connectivity index (χ1n) is 13.4. The molecule has 0 spiro atoms. The summed E-state index contributed by atoms with van der Waals surface area (Å²) in [6.07, 6.45) is 12.5. The van der Waals surface area contributed by atoms with Gasteiger partial charge in [0, 0.05) is 43.6 Å². The molecule has 7 heteroatoms. The van der Waals surface area contributed by atoms with Crippen LogP contribution in [0.1, 0.15) is 71.2 Å². The van der Waals surface area contributed by atoms with Gasteiger partial charge in [0.05, 0.1) is 24.3 Å². The fourth-order valence-corrected chi connectivity index (χ4v) is 5.40. The minimum Gasteiger partial charge on any atom is -0.378 e. The van der Waals surface area contributed by atoms with E-state index in [2.05, 4.69) is 20.9 Å². The Labute approximate surface area is 212 Å². The summed E-state index contributed by atoms with van der Waals surface area (Å²) in [5, 5.41) is 3.22. The van der Waals surface area contributed by atoms with E-state index < -0.39 is 0 Å². The van der Waals surface area contributed by atoms with Gasteiger partial charge in [-0.1, -0.05) is 31.4 Å². The number of nitrogens with zero attached hydrogens (tertiary/aromatic N) is 3. The summed E-state index contributed by atoms with van der Waals surface area (Å²) >= 11 is 0. The van der Waals surface area contributed by atoms with Crippen LogP contribution in [0.5, 0.6) is 0 Å². The largest absolute Gasteiger partial charge is 0.378 e. The number of hydrogen-bond donors (Lipinski definition) is 1. The zero-order valence-corrected chi connectivity index (χ0v) is 21.0. The number of morpholine rings is 1. The van der Waals surface area contributed by atoms with Gasteiger partial charge in [0.15, 0.2) is 0 Å². The average Bonchev–Trinajstić information content (AvgIpc) is 3.30. The Bertz CT molecular complexity index is 1190. The lowest BCUT2D eigenvalue weighted by Crippen LogP contribution is -2.40. The van der Waals surface area contributed by atoms with Crippen LogP contribution in [0.3, 0.4) is 0 Å². The van der Waals surface area contributed by atoms with Gasteiger partial charge >= 0.3 is 0 Å². The fraction of sp³-hybridized carbons (Fsp3) is 0.483. The molecule has 2 fully saturated rings. The lowest BCUT2D eigenvalue weighted by Gasteiger charge is -2.26. The van der Waals surface area contributed by atoms with Crippen LogP contribution in [0.4, 0.5) is 0 Å². The van der Waals surface area contributed by atoms with E-state index in [0.29, 0.717) is 37.9 Å². The third-order valence-electron chi connectivity index (χ3n) is 7.41. The Morgan fingerprint density at radius 3 is 2.69 bits per heavy atom. The van der Waals surface area contributed by atoms with Crippen molar-refractivity contribution in [2.75, 3.05) is 26.3 Å². The molecule has 3 aromatic rings. The number of aryl methyl sites for hydroxylation is 2. The number of aromatic nitrogens is 2. The normalized spacial score (nSPS) is 16.8. The first-order valence-corrected chi connectivity index (χ1v) is 13.4. The van der Waals surface area contributed by atoms with Crippen LogP contribution in [0.15, 0.2) is 48.8 Å². The summed E-state index contributed by atoms with van der Waals surface area (Å²) < 4.78 is 7.55. The molecule has 2 aliphatic rings. The predicted molar refractivity (Wildman–Crippen MR) is 140 cm³/mol. The summed E-state index contributed by atoms with van der Waals surface area (Å²) in [4.78, 5) is 32.2. The molecule has 7 nitrogen and oxygen atoms in total. The van der Waals surface area contributed by atoms with Gasteiger partial charge in [-0.25, -0.2) is 0 Å². The molecule has 2 amide bonds. The number of carbonyl (C=O) groups is 2. The molecule has 1 saturated heterocycles. The summed E-state index contributed by atoms with van der Waals surface area (Å²) in [7, 11) is 0. The molecular formula is C29H36N4O3. The quantitative estimate of drug-likeness (QED) is 0.471.